The van der Waals surface area contributed by atoms with Crippen LogP contribution in [0.1, 0.15) is 97.3 Å². The van der Waals surface area contributed by atoms with Crippen molar-refractivity contribution in [2.45, 2.75) is 97.3 Å². The first kappa shape index (κ1) is 17.5. The third-order valence-corrected chi connectivity index (χ3v) is 4.95. The van der Waals surface area contributed by atoms with Crippen LogP contribution in [0, 0.1) is 5.41 Å². The SMILES string of the molecule is CCCCCCCCCCCCC1(CC)C=CC=CC1. The lowest BCUT2D eigenvalue weighted by atomic mass is 9.75. The van der Waals surface area contributed by atoms with Crippen LogP contribution < -0.4 is 0 Å². The van der Waals surface area contributed by atoms with Crippen molar-refractivity contribution in [2.24, 2.45) is 5.41 Å². The number of unbranched alkanes of at least 4 members (excludes halogenated alkanes) is 9. The van der Waals surface area contributed by atoms with Crippen LogP contribution in [0.15, 0.2) is 24.3 Å². The first-order chi connectivity index (χ1) is 9.83. The molecule has 0 bridgehead atoms. The number of rotatable bonds is 12. The molecule has 1 aliphatic rings. The van der Waals surface area contributed by atoms with Crippen LogP contribution in [0.25, 0.3) is 0 Å². The molecule has 0 saturated heterocycles. The predicted octanol–water partition coefficient (Wildman–Crippen LogP) is 7.21. The first-order valence-electron chi connectivity index (χ1n) is 9.17. The highest BCUT2D eigenvalue weighted by Gasteiger charge is 2.23. The molecule has 0 heteroatoms. The van der Waals surface area contributed by atoms with Crippen molar-refractivity contribution in [3.8, 4) is 0 Å². The fourth-order valence-corrected chi connectivity index (χ4v) is 3.30. The molecule has 0 amide bonds. The Kier molecular flexibility index (Phi) is 9.79. The van der Waals surface area contributed by atoms with Gasteiger partial charge in [0.1, 0.15) is 0 Å². The molecule has 0 aromatic rings. The minimum atomic E-state index is 0.495. The van der Waals surface area contributed by atoms with E-state index in [1.165, 1.54) is 83.5 Å². The largest absolute Gasteiger partial charge is 0.0837 e. The Labute approximate surface area is 127 Å². The lowest BCUT2D eigenvalue weighted by molar-refractivity contribution is 0.322. The minimum absolute atomic E-state index is 0.495. The van der Waals surface area contributed by atoms with E-state index < -0.39 is 0 Å². The lowest BCUT2D eigenvalue weighted by Gasteiger charge is -2.30. The van der Waals surface area contributed by atoms with Gasteiger partial charge >= 0.3 is 0 Å². The Balaban J connectivity index is 1.94. The Morgan fingerprint density at radius 2 is 1.35 bits per heavy atom. The second-order valence-corrected chi connectivity index (χ2v) is 6.64. The molecule has 1 atom stereocenters. The molecular weight excluding hydrogens is 240 g/mol. The molecule has 1 unspecified atom stereocenters. The van der Waals surface area contributed by atoms with E-state index in [4.69, 9.17) is 0 Å². The fourth-order valence-electron chi connectivity index (χ4n) is 3.30. The van der Waals surface area contributed by atoms with Gasteiger partial charge in [0.15, 0.2) is 0 Å². The zero-order valence-corrected chi connectivity index (χ0v) is 14.0. The second kappa shape index (κ2) is 11.2. The predicted molar refractivity (Wildman–Crippen MR) is 92.1 cm³/mol. The van der Waals surface area contributed by atoms with Crippen molar-refractivity contribution in [2.75, 3.05) is 0 Å². The van der Waals surface area contributed by atoms with Crippen molar-refractivity contribution in [1.29, 1.82) is 0 Å². The summed E-state index contributed by atoms with van der Waals surface area (Å²) < 4.78 is 0. The topological polar surface area (TPSA) is 0 Å². The van der Waals surface area contributed by atoms with Crippen LogP contribution in [-0.4, -0.2) is 0 Å². The van der Waals surface area contributed by atoms with Gasteiger partial charge in [0.25, 0.3) is 0 Å². The van der Waals surface area contributed by atoms with Gasteiger partial charge in [0.2, 0.25) is 0 Å². The molecule has 20 heavy (non-hydrogen) atoms. The van der Waals surface area contributed by atoms with E-state index in [-0.39, 0.29) is 0 Å². The zero-order valence-electron chi connectivity index (χ0n) is 14.0. The van der Waals surface area contributed by atoms with Crippen LogP contribution in [0.5, 0.6) is 0 Å². The van der Waals surface area contributed by atoms with Crippen molar-refractivity contribution in [3.63, 3.8) is 0 Å². The van der Waals surface area contributed by atoms with E-state index in [0.29, 0.717) is 5.41 Å². The summed E-state index contributed by atoms with van der Waals surface area (Å²) in [6, 6.07) is 0. The van der Waals surface area contributed by atoms with E-state index in [1.54, 1.807) is 0 Å². The molecule has 0 aromatic heterocycles. The normalized spacial score (nSPS) is 21.5. The average Bonchev–Trinajstić information content (AvgIpc) is 2.50. The van der Waals surface area contributed by atoms with Gasteiger partial charge in [0.05, 0.1) is 0 Å². The molecule has 0 radical (unpaired) electrons. The van der Waals surface area contributed by atoms with Gasteiger partial charge in [-0.3, -0.25) is 0 Å². The fraction of sp³-hybridized carbons (Fsp3) is 0.800. The summed E-state index contributed by atoms with van der Waals surface area (Å²) in [6.07, 6.45) is 27.6. The van der Waals surface area contributed by atoms with Gasteiger partial charge in [-0.1, -0.05) is 102 Å². The van der Waals surface area contributed by atoms with Crippen LogP contribution in [0.4, 0.5) is 0 Å². The quantitative estimate of drug-likeness (QED) is 0.330. The number of hydrogen-bond acceptors (Lipinski definition) is 0. The first-order valence-corrected chi connectivity index (χ1v) is 9.17. The molecule has 0 saturated carbocycles. The highest BCUT2D eigenvalue weighted by molar-refractivity contribution is 5.16. The van der Waals surface area contributed by atoms with Gasteiger partial charge in [0, 0.05) is 0 Å². The van der Waals surface area contributed by atoms with E-state index >= 15 is 0 Å². The number of allylic oxidation sites excluding steroid dienone is 4. The van der Waals surface area contributed by atoms with Gasteiger partial charge in [-0.25, -0.2) is 0 Å². The molecule has 116 valence electrons. The Morgan fingerprint density at radius 1 is 0.750 bits per heavy atom. The molecule has 0 aromatic carbocycles. The number of hydrogen-bond donors (Lipinski definition) is 0. The van der Waals surface area contributed by atoms with E-state index in [9.17, 15) is 0 Å². The highest BCUT2D eigenvalue weighted by Crippen LogP contribution is 2.37. The van der Waals surface area contributed by atoms with Crippen LogP contribution in [0.2, 0.25) is 0 Å². The molecule has 0 nitrogen and oxygen atoms in total. The monoisotopic (exact) mass is 276 g/mol. The maximum atomic E-state index is 2.46. The van der Waals surface area contributed by atoms with Gasteiger partial charge in [-0.2, -0.15) is 0 Å². The zero-order chi connectivity index (χ0) is 14.5. The van der Waals surface area contributed by atoms with Crippen LogP contribution in [-0.2, 0) is 0 Å². The minimum Gasteiger partial charge on any atom is -0.0837 e. The second-order valence-electron chi connectivity index (χ2n) is 6.64. The van der Waals surface area contributed by atoms with Gasteiger partial charge < -0.3 is 0 Å². The molecular formula is C20H36. The smallest absolute Gasteiger partial charge is 0.00832 e. The van der Waals surface area contributed by atoms with Gasteiger partial charge in [-0.15, -0.1) is 0 Å². The highest BCUT2D eigenvalue weighted by atomic mass is 14.3. The van der Waals surface area contributed by atoms with E-state index in [2.05, 4.69) is 38.2 Å². The maximum Gasteiger partial charge on any atom is -0.00832 e. The van der Waals surface area contributed by atoms with Crippen molar-refractivity contribution in [1.82, 2.24) is 0 Å². The molecule has 0 heterocycles. The molecule has 0 spiro atoms. The standard InChI is InChI=1S/C20H36/c1-3-5-6-7-8-9-10-11-12-14-17-20(4-2)18-15-13-16-19-20/h13,15-16,18H,3-12,14,17,19H2,1-2H3. The van der Waals surface area contributed by atoms with Crippen LogP contribution >= 0.6 is 0 Å². The third-order valence-electron chi connectivity index (χ3n) is 4.95. The Morgan fingerprint density at radius 3 is 1.85 bits per heavy atom. The summed E-state index contributed by atoms with van der Waals surface area (Å²) in [7, 11) is 0. The Hall–Kier alpha value is -0.520. The summed E-state index contributed by atoms with van der Waals surface area (Å²) in [4.78, 5) is 0. The summed E-state index contributed by atoms with van der Waals surface area (Å²) in [5, 5.41) is 0. The molecule has 1 aliphatic carbocycles. The summed E-state index contributed by atoms with van der Waals surface area (Å²) in [5.41, 5.74) is 0.495. The van der Waals surface area contributed by atoms with Gasteiger partial charge in [-0.05, 0) is 24.7 Å². The summed E-state index contributed by atoms with van der Waals surface area (Å²) in [5.74, 6) is 0. The molecule has 0 aliphatic heterocycles. The lowest BCUT2D eigenvalue weighted by Crippen LogP contribution is -2.17. The molecule has 1 rings (SSSR count). The van der Waals surface area contributed by atoms with Crippen LogP contribution in [0.3, 0.4) is 0 Å². The summed E-state index contributed by atoms with van der Waals surface area (Å²) in [6.45, 7) is 4.64. The van der Waals surface area contributed by atoms with E-state index in [0.717, 1.165) is 0 Å². The Bertz CT molecular complexity index is 274. The van der Waals surface area contributed by atoms with Crippen molar-refractivity contribution in [3.05, 3.63) is 24.3 Å². The average molecular weight is 277 g/mol. The maximum absolute atomic E-state index is 2.46. The summed E-state index contributed by atoms with van der Waals surface area (Å²) >= 11 is 0. The molecule has 0 N–H and O–H groups in total. The third kappa shape index (κ3) is 7.31. The van der Waals surface area contributed by atoms with Crippen molar-refractivity contribution < 1.29 is 0 Å². The van der Waals surface area contributed by atoms with Crippen molar-refractivity contribution >= 4 is 0 Å². The van der Waals surface area contributed by atoms with E-state index in [1.807, 2.05) is 0 Å². The molecule has 0 fully saturated rings.